The first-order valence-electron chi connectivity index (χ1n) is 7.20. The number of aryl methyl sites for hydroxylation is 1. The molecule has 0 aliphatic rings. The van der Waals surface area contributed by atoms with E-state index in [0.717, 1.165) is 16.6 Å². The monoisotopic (exact) mass is 312 g/mol. The van der Waals surface area contributed by atoms with E-state index < -0.39 is 0 Å². The van der Waals surface area contributed by atoms with Gasteiger partial charge in [0.25, 0.3) is 0 Å². The first-order chi connectivity index (χ1) is 12.3. The van der Waals surface area contributed by atoms with Gasteiger partial charge < -0.3 is 0 Å². The zero-order valence-electron chi connectivity index (χ0n) is 13.5. The van der Waals surface area contributed by atoms with Gasteiger partial charge >= 0.3 is 0 Å². The van der Waals surface area contributed by atoms with E-state index in [1.54, 1.807) is 0 Å². The highest BCUT2D eigenvalue weighted by molar-refractivity contribution is 5.75. The third kappa shape index (κ3) is 5.35. The fraction of sp³-hybridized carbons (Fsp3) is 0.0417. The lowest BCUT2D eigenvalue weighted by Gasteiger charge is -1.95. The van der Waals surface area contributed by atoms with E-state index in [1.807, 2.05) is 41.8 Å². The molecule has 0 atom stereocenters. The van der Waals surface area contributed by atoms with E-state index in [9.17, 15) is 0 Å². The number of rotatable bonds is 0. The molecule has 0 bridgehead atoms. The quantitative estimate of drug-likeness (QED) is 0.517. The van der Waals surface area contributed by atoms with Gasteiger partial charge in [-0.3, -0.25) is 0 Å². The number of benzene rings is 1. The summed E-state index contributed by atoms with van der Waals surface area (Å²) in [5, 5.41) is 1.12. The van der Waals surface area contributed by atoms with E-state index >= 15 is 0 Å². The molecule has 0 N–H and O–H groups in total. The van der Waals surface area contributed by atoms with Crippen molar-refractivity contribution < 1.29 is 4.57 Å². The molecule has 1 aromatic carbocycles. The molecular weight excluding hydrogens is 302 g/mol. The van der Waals surface area contributed by atoms with E-state index in [2.05, 4.69) is 83.2 Å². The number of fused-ring (bicyclic) bond motifs is 1. The molecule has 0 spiro atoms. The molecule has 0 aliphatic heterocycles. The number of hydrogen-bond donors (Lipinski definition) is 0. The highest BCUT2D eigenvalue weighted by Crippen LogP contribution is 2.09. The molecule has 1 heterocycles. The molecule has 0 saturated heterocycles. The van der Waals surface area contributed by atoms with Crippen molar-refractivity contribution in [2.75, 3.05) is 0 Å². The number of aromatic nitrogens is 1. The Balaban J connectivity index is 2.11. The van der Waals surface area contributed by atoms with Crippen molar-refractivity contribution in [3.8, 4) is 83.5 Å². The molecule has 25 heavy (non-hydrogen) atoms. The minimum absolute atomic E-state index is 1.04. The lowest BCUT2D eigenvalue weighted by molar-refractivity contribution is -0.562. The van der Waals surface area contributed by atoms with Crippen LogP contribution in [-0.4, -0.2) is 0 Å². The average molecular weight is 312 g/mol. The van der Waals surface area contributed by atoms with Crippen molar-refractivity contribution in [2.24, 2.45) is 0 Å². The van der Waals surface area contributed by atoms with Gasteiger partial charge in [0.2, 0.25) is 11.6 Å². The Hall–Kier alpha value is -4.45. The molecule has 0 radical (unpaired) electrons. The molecule has 2 aromatic rings. The lowest BCUT2D eigenvalue weighted by Crippen LogP contribution is -2.32. The maximum absolute atomic E-state index is 4.94. The number of pyridine rings is 1. The summed E-state index contributed by atoms with van der Waals surface area (Å²) in [6.45, 7) is 2.00. The molecule has 0 amide bonds. The molecular formula is C24H10N+. The highest BCUT2D eigenvalue weighted by atomic mass is 14.9. The van der Waals surface area contributed by atoms with Crippen molar-refractivity contribution in [2.45, 2.75) is 6.92 Å². The van der Waals surface area contributed by atoms with Gasteiger partial charge in [-0.15, -0.1) is 11.0 Å². The van der Waals surface area contributed by atoms with Gasteiger partial charge in [0.15, 0.2) is 5.69 Å². The Kier molecular flexibility index (Phi) is 6.46. The zero-order valence-corrected chi connectivity index (χ0v) is 13.5. The van der Waals surface area contributed by atoms with Gasteiger partial charge in [-0.05, 0) is 47.7 Å². The Morgan fingerprint density at radius 3 is 1.88 bits per heavy atom. The van der Waals surface area contributed by atoms with Crippen LogP contribution in [0.25, 0.3) is 10.9 Å². The topological polar surface area (TPSA) is 3.88 Å². The molecule has 1 heteroatoms. The van der Waals surface area contributed by atoms with Crippen LogP contribution in [-0.2, 0) is 0 Å². The van der Waals surface area contributed by atoms with Crippen LogP contribution < -0.4 is 4.57 Å². The summed E-state index contributed by atoms with van der Waals surface area (Å²) in [6, 6.07) is 15.2. The minimum atomic E-state index is 1.04. The van der Waals surface area contributed by atoms with Crippen molar-refractivity contribution in [3.63, 3.8) is 0 Å². The fourth-order valence-corrected chi connectivity index (χ4v) is 1.86. The number of terminal acetylenes is 1. The maximum atomic E-state index is 4.94. The Morgan fingerprint density at radius 1 is 0.680 bits per heavy atom. The standard InChI is InChI=1S/C24H10N/c1-3-4-5-6-7-8-9-10-11-12-13-16-21-25-22(2)19-20-23-17-14-15-18-24(23)25/h1,14-15,17-20H,2H3/q+1. The van der Waals surface area contributed by atoms with Gasteiger partial charge in [0.05, 0.1) is 5.92 Å². The van der Waals surface area contributed by atoms with E-state index in [-0.39, 0.29) is 0 Å². The molecule has 1 nitrogen and oxygen atoms in total. The van der Waals surface area contributed by atoms with Crippen LogP contribution in [0.4, 0.5) is 0 Å². The van der Waals surface area contributed by atoms with Gasteiger partial charge in [0.1, 0.15) is 0 Å². The van der Waals surface area contributed by atoms with E-state index in [0.29, 0.717) is 0 Å². The molecule has 0 saturated carbocycles. The second-order valence-corrected chi connectivity index (χ2v) is 4.50. The predicted molar refractivity (Wildman–Crippen MR) is 99.8 cm³/mol. The summed E-state index contributed by atoms with van der Waals surface area (Å²) in [7, 11) is 0. The van der Waals surface area contributed by atoms with E-state index in [1.165, 1.54) is 0 Å². The summed E-state index contributed by atoms with van der Waals surface area (Å²) >= 11 is 0. The third-order valence-electron chi connectivity index (χ3n) is 2.90. The Bertz CT molecular complexity index is 1230. The third-order valence-corrected chi connectivity index (χ3v) is 2.90. The van der Waals surface area contributed by atoms with Gasteiger partial charge in [-0.1, -0.05) is 12.1 Å². The number of para-hydroxylation sites is 1. The number of hydrogen-bond acceptors (Lipinski definition) is 0. The Labute approximate surface area is 148 Å². The normalized spacial score (nSPS) is 7.04. The fourth-order valence-electron chi connectivity index (χ4n) is 1.86. The summed E-state index contributed by atoms with van der Waals surface area (Å²) < 4.78 is 1.91. The predicted octanol–water partition coefficient (Wildman–Crippen LogP) is 1.89. The molecule has 2 rings (SSSR count). The lowest BCUT2D eigenvalue weighted by atomic mass is 10.2. The van der Waals surface area contributed by atoms with E-state index in [4.69, 9.17) is 6.42 Å². The zero-order chi connectivity index (χ0) is 17.7. The van der Waals surface area contributed by atoms with Gasteiger partial charge in [-0.25, -0.2) is 0 Å². The van der Waals surface area contributed by atoms with Crippen LogP contribution in [0, 0.1) is 90.4 Å². The summed E-state index contributed by atoms with van der Waals surface area (Å²) in [5.41, 5.74) is 2.08. The average Bonchev–Trinajstić information content (AvgIpc) is 2.64. The Morgan fingerprint density at radius 2 is 1.24 bits per heavy atom. The second kappa shape index (κ2) is 9.54. The molecule has 1 aromatic heterocycles. The van der Waals surface area contributed by atoms with Gasteiger partial charge in [0, 0.05) is 54.0 Å². The summed E-state index contributed by atoms with van der Waals surface area (Å²) in [6.07, 6.45) is 4.94. The molecule has 0 aliphatic carbocycles. The summed E-state index contributed by atoms with van der Waals surface area (Å²) in [4.78, 5) is 0. The van der Waals surface area contributed by atoms with Crippen LogP contribution in [0.5, 0.6) is 0 Å². The molecule has 110 valence electrons. The van der Waals surface area contributed by atoms with Crippen molar-refractivity contribution in [1.29, 1.82) is 0 Å². The highest BCUT2D eigenvalue weighted by Gasteiger charge is 2.09. The van der Waals surface area contributed by atoms with Crippen LogP contribution in [0.2, 0.25) is 0 Å². The van der Waals surface area contributed by atoms with Crippen molar-refractivity contribution >= 4 is 10.9 Å². The van der Waals surface area contributed by atoms with Crippen molar-refractivity contribution in [3.05, 3.63) is 42.1 Å². The first kappa shape index (κ1) is 16.9. The summed E-state index contributed by atoms with van der Waals surface area (Å²) in [5.74, 6) is 30.3. The second-order valence-electron chi connectivity index (χ2n) is 4.50. The van der Waals surface area contributed by atoms with Gasteiger partial charge in [-0.2, -0.15) is 0 Å². The van der Waals surface area contributed by atoms with Crippen LogP contribution in [0.1, 0.15) is 5.69 Å². The van der Waals surface area contributed by atoms with Crippen LogP contribution in [0.15, 0.2) is 36.4 Å². The minimum Gasteiger partial charge on any atom is -0.108 e. The van der Waals surface area contributed by atoms with Crippen LogP contribution in [0.3, 0.4) is 0 Å². The smallest absolute Gasteiger partial charge is 0.108 e. The van der Waals surface area contributed by atoms with Crippen molar-refractivity contribution in [1.82, 2.24) is 0 Å². The molecule has 0 fully saturated rings. The SMILES string of the molecule is C#CC#CC#CC#CC#CC#CC#C[n+]1c(C)ccc2ccccc21. The number of nitrogens with zero attached hydrogens (tertiary/aromatic N) is 1. The first-order valence-corrected chi connectivity index (χ1v) is 7.20. The largest absolute Gasteiger partial charge is 0.243 e. The molecule has 0 unspecified atom stereocenters. The van der Waals surface area contributed by atoms with Crippen LogP contribution >= 0.6 is 0 Å². The maximum Gasteiger partial charge on any atom is 0.243 e.